The molecule has 0 saturated carbocycles. The van der Waals surface area contributed by atoms with Gasteiger partial charge in [0.15, 0.2) is 0 Å². The van der Waals surface area contributed by atoms with Gasteiger partial charge in [-0.05, 0) is 10.1 Å². The summed E-state index contributed by atoms with van der Waals surface area (Å²) in [6.45, 7) is 0. The molecule has 0 rings (SSSR count). The van der Waals surface area contributed by atoms with E-state index in [0.29, 0.717) is 0 Å². The van der Waals surface area contributed by atoms with Crippen molar-refractivity contribution in [2.24, 2.45) is 0 Å². The maximum atomic E-state index is 2.14. The monoisotopic (exact) mass is 315 g/mol. The Hall–Kier alpha value is 2.57. The summed E-state index contributed by atoms with van der Waals surface area (Å²) in [6, 6.07) is 0. The van der Waals surface area contributed by atoms with Crippen molar-refractivity contribution in [1.82, 2.24) is 0 Å². The smallest absolute Gasteiger partial charge is 0.0304 e. The zero-order chi connectivity index (χ0) is 2.00. The Labute approximate surface area is 89.8 Å². The molecule has 3 radical (unpaired) electrons. The summed E-state index contributed by atoms with van der Waals surface area (Å²) in [5.74, 6) is 0. The van der Waals surface area contributed by atoms with Crippen LogP contribution in [0.3, 0.4) is 0 Å². The topological polar surface area (TPSA) is 0 Å². The molecule has 6 heavy (non-hydrogen) atoms. The van der Waals surface area contributed by atoms with Crippen molar-refractivity contribution < 1.29 is 73.3 Å². The van der Waals surface area contributed by atoms with Gasteiger partial charge in [-0.25, -0.2) is 0 Å². The summed E-state index contributed by atoms with van der Waals surface area (Å²) in [5.41, 5.74) is 0. The first-order valence-electron chi connectivity index (χ1n) is 1.00. The van der Waals surface area contributed by atoms with Gasteiger partial charge in [0.1, 0.15) is 0 Å². The van der Waals surface area contributed by atoms with Crippen LogP contribution in [0, 0.1) is 0 Å². The predicted octanol–water partition coefficient (Wildman–Crippen LogP) is -2.11. The molecule has 0 aliphatic carbocycles. The van der Waals surface area contributed by atoms with Crippen LogP contribution >= 0.6 is 0 Å². The molecular weight excluding hydrogens is 310 g/mol. The molecule has 0 atom stereocenters. The molecular formula is H5BCoCuFeNbSi. The molecule has 0 aliphatic heterocycles. The van der Waals surface area contributed by atoms with Crippen molar-refractivity contribution in [2.75, 3.05) is 0 Å². The molecule has 0 aliphatic rings. The molecule has 0 aromatic rings. The number of hydrogen-bond donors (Lipinski definition) is 0. The Balaban J connectivity index is -0.000000000833. The summed E-state index contributed by atoms with van der Waals surface area (Å²) >= 11 is 0. The molecule has 0 aromatic heterocycles. The Kier molecular flexibility index (Phi) is 318. The summed E-state index contributed by atoms with van der Waals surface area (Å²) < 4.78 is 0. The second-order valence-electron chi connectivity index (χ2n) is 0. The molecule has 0 aromatic carbocycles. The van der Waals surface area contributed by atoms with E-state index in [0.717, 1.165) is 0 Å². The van der Waals surface area contributed by atoms with Gasteiger partial charge in [-0.1, -0.05) is 0 Å². The van der Waals surface area contributed by atoms with E-state index in [-0.39, 0.29) is 73.3 Å². The van der Waals surface area contributed by atoms with Gasteiger partial charge in [0, 0.05) is 73.3 Å². The Morgan fingerprint density at radius 1 is 1.17 bits per heavy atom. The first kappa shape index (κ1) is 38.6. The van der Waals surface area contributed by atoms with Gasteiger partial charge in [-0.2, -0.15) is 0 Å². The molecule has 0 bridgehead atoms. The third-order valence-corrected chi connectivity index (χ3v) is 0. The average Bonchev–Trinajstić information content (AvgIpc) is 1.00. The second kappa shape index (κ2) is 49.5. The van der Waals surface area contributed by atoms with Crippen molar-refractivity contribution in [1.29, 1.82) is 0 Å². The third kappa shape index (κ3) is 30.9. The van der Waals surface area contributed by atoms with E-state index in [1.165, 1.54) is 10.1 Å². The zero-order valence-electron chi connectivity index (χ0n) is 3.44. The van der Waals surface area contributed by atoms with Gasteiger partial charge in [0.25, 0.3) is 0 Å². The van der Waals surface area contributed by atoms with Crippen molar-refractivity contribution in [3.63, 3.8) is 0 Å². The van der Waals surface area contributed by atoms with E-state index in [2.05, 4.69) is 7.44 Å². The largest absolute Gasteiger partial charge is 0.0852 e. The molecule has 0 unspecified atom stereocenters. The van der Waals surface area contributed by atoms with E-state index < -0.39 is 0 Å². The van der Waals surface area contributed by atoms with Crippen molar-refractivity contribution in [2.45, 2.75) is 0 Å². The number of rotatable bonds is 0. The van der Waals surface area contributed by atoms with E-state index in [4.69, 9.17) is 0 Å². The van der Waals surface area contributed by atoms with Crippen molar-refractivity contribution >= 4 is 17.6 Å². The van der Waals surface area contributed by atoms with Crippen LogP contribution in [0.1, 0.15) is 0 Å². The van der Waals surface area contributed by atoms with E-state index in [9.17, 15) is 0 Å². The fourth-order valence-corrected chi connectivity index (χ4v) is 0. The molecule has 0 N–H and O–H groups in total. The molecule has 0 heterocycles. The maximum absolute atomic E-state index is 2.14. The second-order valence-corrected chi connectivity index (χ2v) is 0. The number of hydrogen-bond acceptors (Lipinski definition) is 0. The molecule has 0 amide bonds. The zero-order valence-corrected chi connectivity index (χ0v) is 10.7. The van der Waals surface area contributed by atoms with Crippen molar-refractivity contribution in [3.05, 3.63) is 0 Å². The van der Waals surface area contributed by atoms with Crippen LogP contribution in [0.4, 0.5) is 0 Å². The molecule has 0 spiro atoms. The maximum Gasteiger partial charge on any atom is 0.0852 e. The van der Waals surface area contributed by atoms with Crippen LogP contribution in [0.15, 0.2) is 0 Å². The van der Waals surface area contributed by atoms with Crippen LogP contribution in [0.5, 0.6) is 0 Å². The first-order chi connectivity index (χ1) is 1.00. The SMILES string of the molecule is B[SiH3].[Co].[Cu].[Fe].[Nb]. The summed E-state index contributed by atoms with van der Waals surface area (Å²) in [7, 11) is 3.44. The van der Waals surface area contributed by atoms with E-state index in [1.54, 1.807) is 0 Å². The fraction of sp³-hybridized carbons (Fsp3) is 0. The summed E-state index contributed by atoms with van der Waals surface area (Å²) in [5, 5.41) is 0. The molecule has 45 valence electrons. The molecule has 0 fully saturated rings. The predicted molar refractivity (Wildman–Crippen MR) is 18.5 cm³/mol. The van der Waals surface area contributed by atoms with Crippen molar-refractivity contribution in [3.8, 4) is 0 Å². The van der Waals surface area contributed by atoms with Gasteiger partial charge in [0.05, 0.1) is 7.44 Å². The Morgan fingerprint density at radius 2 is 1.17 bits per heavy atom. The molecule has 6 heteroatoms. The van der Waals surface area contributed by atoms with Gasteiger partial charge in [-0.15, -0.1) is 0 Å². The van der Waals surface area contributed by atoms with Crippen LogP contribution in [-0.4, -0.2) is 17.6 Å². The Bertz CT molecular complexity index is 15.5. The van der Waals surface area contributed by atoms with Crippen LogP contribution in [0.25, 0.3) is 0 Å². The average molecular weight is 315 g/mol. The van der Waals surface area contributed by atoms with Gasteiger partial charge in [-0.3, -0.25) is 0 Å². The van der Waals surface area contributed by atoms with Crippen LogP contribution in [0.2, 0.25) is 0 Å². The van der Waals surface area contributed by atoms with Gasteiger partial charge in [0.2, 0.25) is 0 Å². The van der Waals surface area contributed by atoms with Crippen LogP contribution in [-0.2, 0) is 73.3 Å². The summed E-state index contributed by atoms with van der Waals surface area (Å²) in [6.07, 6.45) is 0. The van der Waals surface area contributed by atoms with Gasteiger partial charge >= 0.3 is 0 Å². The molecule has 0 saturated heterocycles. The minimum atomic E-state index is 0. The van der Waals surface area contributed by atoms with E-state index >= 15 is 0 Å². The fourth-order valence-electron chi connectivity index (χ4n) is 0. The minimum absolute atomic E-state index is 0. The Morgan fingerprint density at radius 3 is 1.17 bits per heavy atom. The standard InChI is InChI=1S/BH5Si.Co.Cu.Fe.Nb/c1-2;;;;/h1H2,2H3;;;;. The normalized spacial score (nSPS) is 1.33. The minimum Gasteiger partial charge on any atom is -0.0304 e. The first-order valence-corrected chi connectivity index (χ1v) is 3.00. The summed E-state index contributed by atoms with van der Waals surface area (Å²) in [4.78, 5) is 0. The quantitative estimate of drug-likeness (QED) is 0.449. The van der Waals surface area contributed by atoms with Gasteiger partial charge < -0.3 is 0 Å². The van der Waals surface area contributed by atoms with Crippen LogP contribution < -0.4 is 0 Å². The molecule has 0 nitrogen and oxygen atoms in total. The third-order valence-electron chi connectivity index (χ3n) is 0. The van der Waals surface area contributed by atoms with E-state index in [1.807, 2.05) is 0 Å².